The van der Waals surface area contributed by atoms with Crippen molar-refractivity contribution < 1.29 is 24.0 Å². The zero-order chi connectivity index (χ0) is 17.6. The second-order valence-corrected chi connectivity index (χ2v) is 6.34. The summed E-state index contributed by atoms with van der Waals surface area (Å²) in [6.45, 7) is 9.09. The number of oxime groups is 1. The third kappa shape index (κ3) is 4.27. The quantitative estimate of drug-likeness (QED) is 0.179. The van der Waals surface area contributed by atoms with Crippen LogP contribution in [0.2, 0.25) is 0 Å². The molecule has 0 aromatic carbocycles. The fraction of sp³-hybridized carbons (Fsp3) is 0.647. The molecule has 6 heteroatoms. The predicted molar refractivity (Wildman–Crippen MR) is 85.9 cm³/mol. The van der Waals surface area contributed by atoms with Gasteiger partial charge in [-0.3, -0.25) is 14.4 Å². The summed E-state index contributed by atoms with van der Waals surface area (Å²) in [5.41, 5.74) is -0.398. The highest BCUT2D eigenvalue weighted by Crippen LogP contribution is 2.40. The number of nitrogens with zero attached hydrogens (tertiary/aromatic N) is 1. The predicted octanol–water partition coefficient (Wildman–Crippen LogP) is 2.32. The van der Waals surface area contributed by atoms with Crippen LogP contribution in [0, 0.1) is 17.3 Å². The van der Waals surface area contributed by atoms with Crippen molar-refractivity contribution in [3.8, 4) is 0 Å². The van der Waals surface area contributed by atoms with Gasteiger partial charge in [0, 0.05) is 6.42 Å². The first-order valence-electron chi connectivity index (χ1n) is 7.74. The second-order valence-electron chi connectivity index (χ2n) is 6.34. The molecule has 0 aromatic heterocycles. The molecule has 128 valence electrons. The van der Waals surface area contributed by atoms with E-state index in [2.05, 4.69) is 11.7 Å². The van der Waals surface area contributed by atoms with Gasteiger partial charge in [0.1, 0.15) is 24.2 Å². The van der Waals surface area contributed by atoms with Crippen LogP contribution in [0.15, 0.2) is 17.8 Å². The average Bonchev–Trinajstić information content (AvgIpc) is 2.45. The maximum absolute atomic E-state index is 12.8. The summed E-state index contributed by atoms with van der Waals surface area (Å²) in [5, 5.41) is 3.95. The van der Waals surface area contributed by atoms with Crippen molar-refractivity contribution in [1.29, 1.82) is 0 Å². The van der Waals surface area contributed by atoms with E-state index >= 15 is 0 Å². The van der Waals surface area contributed by atoms with E-state index in [0.29, 0.717) is 18.6 Å². The normalized spacial score (nSPS) is 24.3. The molecule has 0 aliphatic heterocycles. The number of rotatable bonds is 7. The third-order valence-electron chi connectivity index (χ3n) is 3.95. The monoisotopic (exact) mass is 323 g/mol. The average molecular weight is 323 g/mol. The molecule has 1 aliphatic rings. The molecule has 1 saturated carbocycles. The van der Waals surface area contributed by atoms with Crippen LogP contribution in [0.25, 0.3) is 0 Å². The van der Waals surface area contributed by atoms with E-state index in [1.54, 1.807) is 13.8 Å². The van der Waals surface area contributed by atoms with Crippen LogP contribution in [0.5, 0.6) is 0 Å². The number of methoxy groups -OCH3 is 1. The van der Waals surface area contributed by atoms with Crippen LogP contribution in [-0.2, 0) is 24.0 Å². The Labute approximate surface area is 136 Å². The van der Waals surface area contributed by atoms with E-state index < -0.39 is 29.0 Å². The Kier molecular flexibility index (Phi) is 6.66. The summed E-state index contributed by atoms with van der Waals surface area (Å²) in [4.78, 5) is 42.4. The summed E-state index contributed by atoms with van der Waals surface area (Å²) in [7, 11) is 1.24. The Morgan fingerprint density at radius 3 is 2.61 bits per heavy atom. The Morgan fingerprint density at radius 1 is 1.43 bits per heavy atom. The molecule has 0 radical (unpaired) electrons. The Hall–Kier alpha value is -1.98. The van der Waals surface area contributed by atoms with Crippen molar-refractivity contribution in [2.24, 2.45) is 22.4 Å². The highest BCUT2D eigenvalue weighted by atomic mass is 16.6. The van der Waals surface area contributed by atoms with Gasteiger partial charge in [0.25, 0.3) is 0 Å². The van der Waals surface area contributed by atoms with Crippen molar-refractivity contribution >= 4 is 23.2 Å². The third-order valence-corrected chi connectivity index (χ3v) is 3.95. The van der Waals surface area contributed by atoms with Gasteiger partial charge in [-0.15, -0.1) is 0 Å². The highest BCUT2D eigenvalue weighted by Gasteiger charge is 2.53. The fourth-order valence-corrected chi connectivity index (χ4v) is 2.94. The Bertz CT molecular complexity index is 521. The summed E-state index contributed by atoms with van der Waals surface area (Å²) in [6.07, 6.45) is 2.80. The number of ether oxygens (including phenoxy) is 1. The Morgan fingerprint density at radius 2 is 2.09 bits per heavy atom. The SMILES string of the molecule is C=CCO/N=C(/CCC)C1C(=O)CC(C)(C)C(C(=O)OC)C1=O. The van der Waals surface area contributed by atoms with Gasteiger partial charge < -0.3 is 9.57 Å². The van der Waals surface area contributed by atoms with Gasteiger partial charge in [-0.1, -0.05) is 45.0 Å². The molecule has 0 bridgehead atoms. The summed E-state index contributed by atoms with van der Waals surface area (Å²) < 4.78 is 4.76. The molecule has 0 aromatic rings. The number of ketones is 2. The number of carbonyl (C=O) groups excluding carboxylic acids is 3. The van der Waals surface area contributed by atoms with E-state index in [0.717, 1.165) is 0 Å². The molecule has 23 heavy (non-hydrogen) atoms. The van der Waals surface area contributed by atoms with E-state index in [1.807, 2.05) is 6.92 Å². The Balaban J connectivity index is 3.19. The van der Waals surface area contributed by atoms with Gasteiger partial charge >= 0.3 is 5.97 Å². The van der Waals surface area contributed by atoms with Gasteiger partial charge in [-0.05, 0) is 11.8 Å². The first-order chi connectivity index (χ1) is 10.8. The zero-order valence-electron chi connectivity index (χ0n) is 14.3. The molecular formula is C17H25NO5. The van der Waals surface area contributed by atoms with E-state index in [-0.39, 0.29) is 18.8 Å². The highest BCUT2D eigenvalue weighted by molar-refractivity contribution is 6.26. The zero-order valence-corrected chi connectivity index (χ0v) is 14.3. The lowest BCUT2D eigenvalue weighted by Crippen LogP contribution is -2.52. The van der Waals surface area contributed by atoms with Crippen molar-refractivity contribution in [2.45, 2.75) is 40.0 Å². The molecule has 0 amide bonds. The summed E-state index contributed by atoms with van der Waals surface area (Å²) >= 11 is 0. The molecule has 2 unspecified atom stereocenters. The molecule has 0 heterocycles. The molecule has 1 rings (SSSR count). The minimum absolute atomic E-state index is 0.118. The van der Waals surface area contributed by atoms with Gasteiger partial charge in [-0.2, -0.15) is 0 Å². The van der Waals surface area contributed by atoms with Crippen LogP contribution < -0.4 is 0 Å². The van der Waals surface area contributed by atoms with Crippen molar-refractivity contribution in [3.63, 3.8) is 0 Å². The van der Waals surface area contributed by atoms with Gasteiger partial charge in [-0.25, -0.2) is 0 Å². The second kappa shape index (κ2) is 8.04. The molecule has 6 nitrogen and oxygen atoms in total. The van der Waals surface area contributed by atoms with Gasteiger partial charge in [0.15, 0.2) is 5.78 Å². The van der Waals surface area contributed by atoms with Crippen LogP contribution in [-0.4, -0.2) is 37.0 Å². The van der Waals surface area contributed by atoms with Crippen molar-refractivity contribution in [1.82, 2.24) is 0 Å². The van der Waals surface area contributed by atoms with E-state index in [9.17, 15) is 14.4 Å². The number of esters is 1. The van der Waals surface area contributed by atoms with Crippen LogP contribution in [0.1, 0.15) is 40.0 Å². The molecule has 1 fully saturated rings. The smallest absolute Gasteiger partial charge is 0.316 e. The lowest BCUT2D eigenvalue weighted by atomic mass is 9.63. The maximum atomic E-state index is 12.8. The minimum Gasteiger partial charge on any atom is -0.468 e. The maximum Gasteiger partial charge on any atom is 0.316 e. The lowest BCUT2D eigenvalue weighted by Gasteiger charge is -2.38. The molecule has 0 spiro atoms. The topological polar surface area (TPSA) is 82.0 Å². The lowest BCUT2D eigenvalue weighted by molar-refractivity contribution is -0.159. The largest absolute Gasteiger partial charge is 0.468 e. The fourth-order valence-electron chi connectivity index (χ4n) is 2.94. The van der Waals surface area contributed by atoms with E-state index in [4.69, 9.17) is 9.57 Å². The van der Waals surface area contributed by atoms with Crippen LogP contribution in [0.4, 0.5) is 0 Å². The van der Waals surface area contributed by atoms with Crippen LogP contribution >= 0.6 is 0 Å². The number of hydrogen-bond donors (Lipinski definition) is 0. The molecule has 0 saturated heterocycles. The molecule has 1 aliphatic carbocycles. The van der Waals surface area contributed by atoms with Crippen molar-refractivity contribution in [2.75, 3.05) is 13.7 Å². The van der Waals surface area contributed by atoms with Crippen LogP contribution in [0.3, 0.4) is 0 Å². The minimum atomic E-state index is -1.03. The van der Waals surface area contributed by atoms with Gasteiger partial charge in [0.05, 0.1) is 12.8 Å². The summed E-state index contributed by atoms with van der Waals surface area (Å²) in [5.74, 6) is -3.30. The van der Waals surface area contributed by atoms with E-state index in [1.165, 1.54) is 13.2 Å². The number of Topliss-reactive ketones (excluding diaryl/α,β-unsaturated/α-hetero) is 2. The standard InChI is InChI=1S/C17H25NO5/c1-6-8-11(18-23-9-7-2)13-12(19)10-17(3,4)14(15(13)20)16(21)22-5/h7,13-14H,2,6,8-10H2,1,3-5H3/b18-11-. The summed E-state index contributed by atoms with van der Waals surface area (Å²) in [6, 6.07) is 0. The number of hydrogen-bond acceptors (Lipinski definition) is 6. The first kappa shape index (κ1) is 19.1. The molecule has 0 N–H and O–H groups in total. The van der Waals surface area contributed by atoms with Crippen molar-refractivity contribution in [3.05, 3.63) is 12.7 Å². The molecular weight excluding hydrogens is 298 g/mol. The molecule has 2 atom stereocenters. The first-order valence-corrected chi connectivity index (χ1v) is 7.74. The number of carbonyl (C=O) groups is 3. The van der Waals surface area contributed by atoms with Gasteiger partial charge in [0.2, 0.25) is 0 Å².